The molecule has 0 aliphatic carbocycles. The Labute approximate surface area is 192 Å². The van der Waals surface area contributed by atoms with Gasteiger partial charge in [-0.15, -0.1) is 0 Å². The lowest BCUT2D eigenvalue weighted by Crippen LogP contribution is -2.11. The number of halogens is 4. The van der Waals surface area contributed by atoms with Crippen molar-refractivity contribution in [1.29, 1.82) is 0 Å². The van der Waals surface area contributed by atoms with Gasteiger partial charge in [0.05, 0.1) is 12.7 Å². The predicted molar refractivity (Wildman–Crippen MR) is 124 cm³/mol. The molecule has 1 radical (unpaired) electrons. The molecule has 0 aliphatic heterocycles. The first kappa shape index (κ1) is 24.1. The molecule has 0 fully saturated rings. The Kier molecular flexibility index (Phi) is 7.52. The third kappa shape index (κ3) is 5.64. The third-order valence-corrected chi connectivity index (χ3v) is 5.70. The van der Waals surface area contributed by atoms with Gasteiger partial charge < -0.3 is 10.5 Å². The van der Waals surface area contributed by atoms with E-state index in [-0.39, 0.29) is 12.0 Å². The van der Waals surface area contributed by atoms with Gasteiger partial charge >= 0.3 is 6.18 Å². The van der Waals surface area contributed by atoms with Crippen molar-refractivity contribution in [2.45, 2.75) is 38.4 Å². The number of hydrogen-bond acceptors (Lipinski definition) is 2. The minimum Gasteiger partial charge on any atom is -0.496 e. The van der Waals surface area contributed by atoms with E-state index in [4.69, 9.17) is 22.1 Å². The quantitative estimate of drug-likeness (QED) is 0.390. The van der Waals surface area contributed by atoms with Crippen LogP contribution in [0.3, 0.4) is 0 Å². The molecule has 0 aromatic heterocycles. The summed E-state index contributed by atoms with van der Waals surface area (Å²) in [6, 6.07) is 16.3. The van der Waals surface area contributed by atoms with Gasteiger partial charge in [0.25, 0.3) is 0 Å². The molecule has 0 amide bonds. The van der Waals surface area contributed by atoms with E-state index < -0.39 is 11.7 Å². The van der Waals surface area contributed by atoms with Crippen molar-refractivity contribution < 1.29 is 17.9 Å². The smallest absolute Gasteiger partial charge is 0.416 e. The summed E-state index contributed by atoms with van der Waals surface area (Å²) in [6.45, 7) is 4.13. The number of nitrogens with two attached hydrogens (primary N) is 1. The SMILES string of the molecule is COc1ccc(C(C)C)cc1-c1ccc(C(F)(F)F)cc1[CH]CC(N)c1ccc(Cl)cc1. The average Bonchev–Trinajstić information content (AvgIpc) is 2.76. The molecule has 32 heavy (non-hydrogen) atoms. The highest BCUT2D eigenvalue weighted by atomic mass is 35.5. The predicted octanol–water partition coefficient (Wildman–Crippen LogP) is 7.80. The van der Waals surface area contributed by atoms with E-state index in [9.17, 15) is 13.2 Å². The molecule has 3 aromatic rings. The van der Waals surface area contributed by atoms with E-state index in [1.54, 1.807) is 25.7 Å². The van der Waals surface area contributed by atoms with Crippen molar-refractivity contribution in [3.05, 3.63) is 94.4 Å². The van der Waals surface area contributed by atoms with Crippen LogP contribution in [0.2, 0.25) is 5.02 Å². The zero-order chi connectivity index (χ0) is 23.5. The number of methoxy groups -OCH3 is 1. The van der Waals surface area contributed by atoms with Gasteiger partial charge in [0.1, 0.15) is 5.75 Å². The highest BCUT2D eigenvalue weighted by Gasteiger charge is 2.31. The molecular weight excluding hydrogens is 435 g/mol. The van der Waals surface area contributed by atoms with Crippen LogP contribution in [0.5, 0.6) is 5.75 Å². The molecule has 2 N–H and O–H groups in total. The van der Waals surface area contributed by atoms with Gasteiger partial charge in [-0.1, -0.05) is 49.7 Å². The number of alkyl halides is 3. The van der Waals surface area contributed by atoms with Gasteiger partial charge in [-0.2, -0.15) is 13.2 Å². The number of ether oxygens (including phenoxy) is 1. The lowest BCUT2D eigenvalue weighted by Gasteiger charge is -2.19. The topological polar surface area (TPSA) is 35.2 Å². The van der Waals surface area contributed by atoms with Crippen LogP contribution in [0.25, 0.3) is 11.1 Å². The largest absolute Gasteiger partial charge is 0.496 e. The lowest BCUT2D eigenvalue weighted by atomic mass is 9.90. The maximum absolute atomic E-state index is 13.4. The number of rotatable bonds is 7. The summed E-state index contributed by atoms with van der Waals surface area (Å²) in [5.41, 5.74) is 9.41. The number of benzene rings is 3. The first-order chi connectivity index (χ1) is 15.1. The van der Waals surface area contributed by atoms with Crippen LogP contribution in [0.4, 0.5) is 13.2 Å². The Bertz CT molecular complexity index is 1060. The maximum Gasteiger partial charge on any atom is 0.416 e. The molecule has 0 saturated carbocycles. The van der Waals surface area contributed by atoms with Gasteiger partial charge in [-0.3, -0.25) is 0 Å². The molecule has 3 aromatic carbocycles. The van der Waals surface area contributed by atoms with Crippen LogP contribution in [-0.2, 0) is 6.18 Å². The molecule has 0 spiro atoms. The minimum atomic E-state index is -4.44. The van der Waals surface area contributed by atoms with Crippen molar-refractivity contribution in [3.63, 3.8) is 0 Å². The Hall–Kier alpha value is -2.50. The van der Waals surface area contributed by atoms with Gasteiger partial charge in [0.15, 0.2) is 0 Å². The molecule has 169 valence electrons. The van der Waals surface area contributed by atoms with Crippen LogP contribution < -0.4 is 10.5 Å². The summed E-state index contributed by atoms with van der Waals surface area (Å²) in [5.74, 6) is 0.866. The van der Waals surface area contributed by atoms with E-state index >= 15 is 0 Å². The molecule has 1 atom stereocenters. The van der Waals surface area contributed by atoms with Gasteiger partial charge in [-0.25, -0.2) is 0 Å². The molecule has 0 saturated heterocycles. The fourth-order valence-corrected chi connectivity index (χ4v) is 3.67. The first-order valence-electron chi connectivity index (χ1n) is 10.3. The summed E-state index contributed by atoms with van der Waals surface area (Å²) >= 11 is 5.93. The zero-order valence-corrected chi connectivity index (χ0v) is 19.0. The second-order valence-corrected chi connectivity index (χ2v) is 8.45. The van der Waals surface area contributed by atoms with Gasteiger partial charge in [0, 0.05) is 16.6 Å². The fourth-order valence-electron chi connectivity index (χ4n) is 3.55. The summed E-state index contributed by atoms with van der Waals surface area (Å²) in [6.07, 6.45) is -2.32. The van der Waals surface area contributed by atoms with E-state index in [1.807, 2.05) is 30.3 Å². The fraction of sp³-hybridized carbons (Fsp3) is 0.269. The zero-order valence-electron chi connectivity index (χ0n) is 18.2. The van der Waals surface area contributed by atoms with Gasteiger partial charge in [-0.05, 0) is 77.4 Å². The Morgan fingerprint density at radius 3 is 2.19 bits per heavy atom. The summed E-state index contributed by atoms with van der Waals surface area (Å²) < 4.78 is 45.8. The maximum atomic E-state index is 13.4. The third-order valence-electron chi connectivity index (χ3n) is 5.45. The summed E-state index contributed by atoms with van der Waals surface area (Å²) in [4.78, 5) is 0. The molecular formula is C26H26ClF3NO. The highest BCUT2D eigenvalue weighted by molar-refractivity contribution is 6.30. The first-order valence-corrected chi connectivity index (χ1v) is 10.7. The van der Waals surface area contributed by atoms with E-state index in [1.165, 1.54) is 12.1 Å². The molecule has 0 heterocycles. The Morgan fingerprint density at radius 2 is 1.59 bits per heavy atom. The van der Waals surface area contributed by atoms with E-state index in [0.29, 0.717) is 28.3 Å². The highest BCUT2D eigenvalue weighted by Crippen LogP contribution is 2.39. The van der Waals surface area contributed by atoms with Crippen LogP contribution in [0.15, 0.2) is 60.7 Å². The van der Waals surface area contributed by atoms with Crippen molar-refractivity contribution >= 4 is 11.6 Å². The molecule has 3 rings (SSSR count). The van der Waals surface area contributed by atoms with Crippen molar-refractivity contribution in [1.82, 2.24) is 0 Å². The molecule has 1 unspecified atom stereocenters. The average molecular weight is 461 g/mol. The molecule has 6 heteroatoms. The Balaban J connectivity index is 2.02. The summed E-state index contributed by atoms with van der Waals surface area (Å²) in [7, 11) is 1.55. The second-order valence-electron chi connectivity index (χ2n) is 8.01. The number of hydrogen-bond donors (Lipinski definition) is 1. The van der Waals surface area contributed by atoms with Gasteiger partial charge in [0.2, 0.25) is 0 Å². The molecule has 0 aliphatic rings. The standard InChI is InChI=1S/C26H26ClF3NO/c1-16(2)18-7-13-25(32-3)23(15-18)22-11-8-20(26(28,29)30)14-19(22)6-12-24(31)17-4-9-21(27)10-5-17/h4-11,13-16,24H,12,31H2,1-3H3. The minimum absolute atomic E-state index is 0.264. The molecule has 2 nitrogen and oxygen atoms in total. The summed E-state index contributed by atoms with van der Waals surface area (Å²) in [5, 5.41) is 0.599. The molecule has 0 bridgehead atoms. The van der Waals surface area contributed by atoms with Crippen molar-refractivity contribution in [2.24, 2.45) is 5.73 Å². The second kappa shape index (κ2) is 9.97. The lowest BCUT2D eigenvalue weighted by molar-refractivity contribution is -0.137. The van der Waals surface area contributed by atoms with Crippen molar-refractivity contribution in [2.75, 3.05) is 7.11 Å². The van der Waals surface area contributed by atoms with E-state index in [0.717, 1.165) is 22.8 Å². The normalized spacial score (nSPS) is 12.8. The monoisotopic (exact) mass is 460 g/mol. The van der Waals surface area contributed by atoms with E-state index in [2.05, 4.69) is 13.8 Å². The van der Waals surface area contributed by atoms with Crippen molar-refractivity contribution in [3.8, 4) is 16.9 Å². The van der Waals surface area contributed by atoms with Crippen LogP contribution >= 0.6 is 11.6 Å². The van der Waals surface area contributed by atoms with Crippen LogP contribution in [0.1, 0.15) is 54.5 Å². The van der Waals surface area contributed by atoms with Crippen LogP contribution in [-0.4, -0.2) is 7.11 Å². The Morgan fingerprint density at radius 1 is 0.938 bits per heavy atom. The van der Waals surface area contributed by atoms with Crippen LogP contribution in [0, 0.1) is 6.42 Å².